The number of nitrogens with zero attached hydrogens (tertiary/aromatic N) is 3. The zero-order valence-electron chi connectivity index (χ0n) is 20.4. The fourth-order valence-corrected chi connectivity index (χ4v) is 5.38. The van der Waals surface area contributed by atoms with Crippen LogP contribution in [0.4, 0.5) is 9.59 Å². The Morgan fingerprint density at radius 3 is 2.64 bits per heavy atom. The number of rotatable bonds is 1. The second kappa shape index (κ2) is 8.99. The van der Waals surface area contributed by atoms with Gasteiger partial charge in [0, 0.05) is 31.2 Å². The second-order valence-electron chi connectivity index (χ2n) is 10.9. The molecule has 0 bridgehead atoms. The number of carbonyl (C=O) groups excluding carboxylic acids is 2. The van der Waals surface area contributed by atoms with E-state index < -0.39 is 5.60 Å². The zero-order valence-corrected chi connectivity index (χ0v) is 21.2. The smallest absolute Gasteiger partial charge is 0.410 e. The van der Waals surface area contributed by atoms with Crippen LogP contribution in [-0.4, -0.2) is 70.8 Å². The summed E-state index contributed by atoms with van der Waals surface area (Å²) in [4.78, 5) is 32.1. The quantitative estimate of drug-likeness (QED) is 0.571. The van der Waals surface area contributed by atoms with Crippen molar-refractivity contribution in [2.75, 3.05) is 32.8 Å². The van der Waals surface area contributed by atoms with Crippen molar-refractivity contribution in [1.82, 2.24) is 14.7 Å². The maximum atomic E-state index is 13.5. The summed E-state index contributed by atoms with van der Waals surface area (Å²) in [5.41, 5.74) is 2.44. The molecule has 1 atom stereocenters. The molecule has 182 valence electrons. The summed E-state index contributed by atoms with van der Waals surface area (Å²) < 4.78 is 11.3. The van der Waals surface area contributed by atoms with E-state index in [9.17, 15) is 9.59 Å². The Kier molecular flexibility index (Phi) is 6.58. The van der Waals surface area contributed by atoms with Gasteiger partial charge in [-0.05, 0) is 82.7 Å². The van der Waals surface area contributed by atoms with Crippen LogP contribution in [0.15, 0.2) is 12.1 Å². The van der Waals surface area contributed by atoms with Gasteiger partial charge >= 0.3 is 12.1 Å². The average Bonchev–Trinajstić information content (AvgIpc) is 3.21. The van der Waals surface area contributed by atoms with E-state index in [0.717, 1.165) is 30.4 Å². The predicted octanol–water partition coefficient (Wildman–Crippen LogP) is 5.00. The molecular weight excluding hydrogens is 442 g/mol. The highest BCUT2D eigenvalue weighted by Gasteiger charge is 2.39. The zero-order chi connectivity index (χ0) is 24.0. The van der Waals surface area contributed by atoms with Gasteiger partial charge in [-0.25, -0.2) is 9.59 Å². The van der Waals surface area contributed by atoms with Gasteiger partial charge < -0.3 is 24.2 Å². The van der Waals surface area contributed by atoms with Crippen LogP contribution in [0.1, 0.15) is 70.2 Å². The Hall–Kier alpha value is -1.99. The van der Waals surface area contributed by atoms with Crippen molar-refractivity contribution in [3.63, 3.8) is 0 Å². The number of hydrogen-bond acceptors (Lipinski definition) is 4. The van der Waals surface area contributed by atoms with Gasteiger partial charge in [0.25, 0.3) is 0 Å². The second-order valence-corrected chi connectivity index (χ2v) is 11.4. The predicted molar refractivity (Wildman–Crippen MR) is 127 cm³/mol. The molecule has 8 heteroatoms. The number of carbonyl (C=O) groups is 2. The van der Waals surface area contributed by atoms with E-state index in [4.69, 9.17) is 21.1 Å². The number of halogens is 1. The first-order chi connectivity index (χ1) is 15.5. The van der Waals surface area contributed by atoms with E-state index in [1.54, 1.807) is 0 Å². The maximum absolute atomic E-state index is 13.5. The molecule has 0 aliphatic carbocycles. The lowest BCUT2D eigenvalue weighted by molar-refractivity contribution is -0.0358. The van der Waals surface area contributed by atoms with Gasteiger partial charge in [-0.15, -0.1) is 0 Å². The maximum Gasteiger partial charge on any atom is 0.410 e. The van der Waals surface area contributed by atoms with E-state index in [0.29, 0.717) is 44.4 Å². The molecule has 1 aromatic rings. The molecule has 2 fully saturated rings. The Morgan fingerprint density at radius 1 is 1.18 bits per heavy atom. The minimum atomic E-state index is -0.549. The van der Waals surface area contributed by atoms with Crippen LogP contribution >= 0.6 is 11.6 Å². The van der Waals surface area contributed by atoms with E-state index in [2.05, 4.69) is 0 Å². The summed E-state index contributed by atoms with van der Waals surface area (Å²) in [5, 5.41) is 0.675. The topological polar surface area (TPSA) is 62.3 Å². The number of amides is 3. The first kappa shape index (κ1) is 24.1. The van der Waals surface area contributed by atoms with Crippen LogP contribution in [0, 0.1) is 0 Å². The summed E-state index contributed by atoms with van der Waals surface area (Å²) in [6.45, 7) is 13.3. The van der Waals surface area contributed by atoms with Crippen LogP contribution in [0.25, 0.3) is 0 Å². The molecule has 3 amide bonds. The molecule has 1 aromatic carbocycles. The summed E-state index contributed by atoms with van der Waals surface area (Å²) >= 11 is 6.51. The van der Waals surface area contributed by atoms with Crippen LogP contribution < -0.4 is 0 Å². The van der Waals surface area contributed by atoms with E-state index >= 15 is 0 Å². The van der Waals surface area contributed by atoms with Crippen molar-refractivity contribution in [2.45, 2.75) is 77.6 Å². The third-order valence-corrected chi connectivity index (χ3v) is 6.95. The van der Waals surface area contributed by atoms with E-state index in [1.807, 2.05) is 61.5 Å². The molecule has 0 N–H and O–H groups in total. The van der Waals surface area contributed by atoms with Crippen molar-refractivity contribution in [3.8, 4) is 0 Å². The Labute approximate surface area is 201 Å². The number of morpholine rings is 1. The van der Waals surface area contributed by atoms with Crippen LogP contribution in [0.2, 0.25) is 5.02 Å². The average molecular weight is 478 g/mol. The van der Waals surface area contributed by atoms with Gasteiger partial charge in [-0.2, -0.15) is 0 Å². The number of benzene rings is 1. The molecule has 3 aliphatic heterocycles. The highest BCUT2D eigenvalue weighted by molar-refractivity contribution is 6.30. The molecule has 0 spiro atoms. The molecule has 33 heavy (non-hydrogen) atoms. The van der Waals surface area contributed by atoms with Crippen molar-refractivity contribution in [2.24, 2.45) is 0 Å². The molecule has 2 saturated heterocycles. The Balaban J connectivity index is 1.61. The standard InChI is InChI=1S/C25H36ClN3O4/c1-24(2,3)33-23(31)28-9-6-7-21(28)19-14-18(26)13-17-8-10-27(15-20(17)19)22(30)29-11-12-32-16-25(29,4)5/h13-14,21H,6-12,15-16H2,1-5H3/t21-/m0/s1. The Bertz CT molecular complexity index is 927. The lowest BCUT2D eigenvalue weighted by atomic mass is 9.90. The molecule has 0 unspecified atom stereocenters. The summed E-state index contributed by atoms with van der Waals surface area (Å²) in [5.74, 6) is 0. The van der Waals surface area contributed by atoms with Gasteiger partial charge in [0.1, 0.15) is 5.60 Å². The lowest BCUT2D eigenvalue weighted by Gasteiger charge is -2.45. The third kappa shape index (κ3) is 5.09. The summed E-state index contributed by atoms with van der Waals surface area (Å²) in [6.07, 6.45) is 2.22. The van der Waals surface area contributed by atoms with Gasteiger partial charge in [-0.3, -0.25) is 0 Å². The molecule has 0 saturated carbocycles. The van der Waals surface area contributed by atoms with Gasteiger partial charge in [0.05, 0.1) is 24.8 Å². The normalized spacial score (nSPS) is 22.8. The van der Waals surface area contributed by atoms with Crippen LogP contribution in [-0.2, 0) is 22.4 Å². The minimum Gasteiger partial charge on any atom is -0.444 e. The fraction of sp³-hybridized carbons (Fsp3) is 0.680. The van der Waals surface area contributed by atoms with Crippen molar-refractivity contribution in [3.05, 3.63) is 33.8 Å². The first-order valence-electron chi connectivity index (χ1n) is 11.9. The van der Waals surface area contributed by atoms with Crippen molar-refractivity contribution in [1.29, 1.82) is 0 Å². The fourth-order valence-electron chi connectivity index (χ4n) is 5.13. The monoisotopic (exact) mass is 477 g/mol. The molecular formula is C25H36ClN3O4. The number of hydrogen-bond donors (Lipinski definition) is 0. The number of urea groups is 1. The summed E-state index contributed by atoms with van der Waals surface area (Å²) in [7, 11) is 0. The Morgan fingerprint density at radius 2 is 1.94 bits per heavy atom. The molecule has 3 aliphatic rings. The van der Waals surface area contributed by atoms with E-state index in [-0.39, 0.29) is 23.7 Å². The summed E-state index contributed by atoms with van der Waals surface area (Å²) in [6, 6.07) is 3.93. The number of fused-ring (bicyclic) bond motifs is 1. The largest absolute Gasteiger partial charge is 0.444 e. The number of ether oxygens (including phenoxy) is 2. The highest BCUT2D eigenvalue weighted by Crippen LogP contribution is 2.39. The minimum absolute atomic E-state index is 0.0465. The van der Waals surface area contributed by atoms with Gasteiger partial charge in [0.15, 0.2) is 0 Å². The van der Waals surface area contributed by atoms with Crippen molar-refractivity contribution < 1.29 is 19.1 Å². The molecule has 7 nitrogen and oxygen atoms in total. The van der Waals surface area contributed by atoms with Crippen molar-refractivity contribution >= 4 is 23.7 Å². The van der Waals surface area contributed by atoms with Crippen LogP contribution in [0.5, 0.6) is 0 Å². The van der Waals surface area contributed by atoms with Gasteiger partial charge in [0.2, 0.25) is 0 Å². The lowest BCUT2D eigenvalue weighted by Crippen LogP contribution is -2.59. The SMILES string of the molecule is CC(C)(C)OC(=O)N1CCC[C@H]1c1cc(Cl)cc2c1CN(C(=O)N1CCOCC1(C)C)CC2. The molecule has 0 aromatic heterocycles. The highest BCUT2D eigenvalue weighted by atomic mass is 35.5. The molecule has 0 radical (unpaired) electrons. The van der Waals surface area contributed by atoms with Gasteiger partial charge in [-0.1, -0.05) is 11.6 Å². The molecule has 4 rings (SSSR count). The molecule has 3 heterocycles. The first-order valence-corrected chi connectivity index (χ1v) is 12.3. The third-order valence-electron chi connectivity index (χ3n) is 6.73. The van der Waals surface area contributed by atoms with E-state index in [1.165, 1.54) is 5.56 Å². The number of likely N-dealkylation sites (tertiary alicyclic amines) is 1. The van der Waals surface area contributed by atoms with Crippen LogP contribution in [0.3, 0.4) is 0 Å².